The van der Waals surface area contributed by atoms with E-state index < -0.39 is 0 Å². The summed E-state index contributed by atoms with van der Waals surface area (Å²) in [6, 6.07) is 11.6. The summed E-state index contributed by atoms with van der Waals surface area (Å²) in [4.78, 5) is 4.57. The Morgan fingerprint density at radius 1 is 1.08 bits per heavy atom. The molecule has 0 aliphatic rings. The van der Waals surface area contributed by atoms with Gasteiger partial charge in [-0.3, -0.25) is 4.98 Å². The van der Waals surface area contributed by atoms with Crippen LogP contribution in [0.3, 0.4) is 0 Å². The van der Waals surface area contributed by atoms with Crippen molar-refractivity contribution in [1.82, 2.24) is 19.7 Å². The van der Waals surface area contributed by atoms with Crippen molar-refractivity contribution in [3.63, 3.8) is 0 Å². The van der Waals surface area contributed by atoms with Crippen LogP contribution in [-0.4, -0.2) is 19.7 Å². The van der Waals surface area contributed by atoms with Gasteiger partial charge in [-0.1, -0.05) is 23.3 Å². The first-order valence-corrected chi connectivity index (χ1v) is 8.62. The third-order valence-corrected chi connectivity index (χ3v) is 5.11. The Kier molecular flexibility index (Phi) is 4.87. The Balaban J connectivity index is 0.00000182. The van der Waals surface area contributed by atoms with E-state index in [1.54, 1.807) is 17.7 Å². The molecule has 4 rings (SSSR count). The average Bonchev–Trinajstić information content (AvgIpc) is 3.11. The molecule has 4 nitrogen and oxygen atoms in total. The summed E-state index contributed by atoms with van der Waals surface area (Å²) < 4.78 is 3.16. The SMILES string of the molecule is Cc1cc(C)c(-n2cnnc2-c2[c-]ccc3nc(C)sc23)c(C)c1.[Ir]. The quantitative estimate of drug-likeness (QED) is 0.360. The molecule has 0 unspecified atom stereocenters. The Morgan fingerprint density at radius 3 is 2.52 bits per heavy atom. The summed E-state index contributed by atoms with van der Waals surface area (Å²) in [5.74, 6) is 0.805. The topological polar surface area (TPSA) is 43.6 Å². The van der Waals surface area contributed by atoms with Gasteiger partial charge in [-0.25, -0.2) is 0 Å². The fourth-order valence-corrected chi connectivity index (χ4v) is 4.20. The van der Waals surface area contributed by atoms with Crippen LogP contribution in [0.5, 0.6) is 0 Å². The number of thiazole rings is 1. The Morgan fingerprint density at radius 2 is 1.80 bits per heavy atom. The van der Waals surface area contributed by atoms with E-state index in [0.29, 0.717) is 0 Å². The Labute approximate surface area is 164 Å². The number of rotatable bonds is 2. The monoisotopic (exact) mass is 526 g/mol. The van der Waals surface area contributed by atoms with E-state index in [2.05, 4.69) is 58.7 Å². The Bertz CT molecular complexity index is 1040. The van der Waals surface area contributed by atoms with Gasteiger partial charge >= 0.3 is 0 Å². The van der Waals surface area contributed by atoms with Crippen LogP contribution in [0, 0.1) is 33.8 Å². The average molecular weight is 526 g/mol. The standard InChI is InChI=1S/C19H17N4S.Ir/c1-11-8-12(2)17(13(3)9-11)23-10-20-22-19(23)15-6-5-7-16-18(15)24-14(4)21-16;/h5,7-10H,1-4H3;/q-1;. The van der Waals surface area contributed by atoms with Crippen molar-refractivity contribution in [2.24, 2.45) is 0 Å². The predicted octanol–water partition coefficient (Wildman–Crippen LogP) is 4.58. The molecule has 0 aliphatic carbocycles. The van der Waals surface area contributed by atoms with Gasteiger partial charge < -0.3 is 4.57 Å². The van der Waals surface area contributed by atoms with Crippen LogP contribution in [-0.2, 0) is 20.1 Å². The second kappa shape index (κ2) is 6.79. The molecule has 0 saturated heterocycles. The van der Waals surface area contributed by atoms with Crippen LogP contribution >= 0.6 is 11.3 Å². The minimum absolute atomic E-state index is 0. The molecule has 0 fully saturated rings. The molecule has 4 aromatic rings. The molecule has 0 aliphatic heterocycles. The fourth-order valence-electron chi connectivity index (χ4n) is 3.29. The molecule has 129 valence electrons. The van der Waals surface area contributed by atoms with Crippen LogP contribution < -0.4 is 0 Å². The largest absolute Gasteiger partial charge is 0.322 e. The van der Waals surface area contributed by atoms with E-state index in [1.165, 1.54) is 16.7 Å². The van der Waals surface area contributed by atoms with Crippen molar-refractivity contribution >= 4 is 21.6 Å². The molecule has 0 saturated carbocycles. The molecule has 25 heavy (non-hydrogen) atoms. The second-order valence-corrected chi connectivity index (χ2v) is 7.27. The minimum atomic E-state index is 0. The summed E-state index contributed by atoms with van der Waals surface area (Å²) in [6.07, 6.45) is 1.78. The number of fused-ring (bicyclic) bond motifs is 1. The van der Waals surface area contributed by atoms with Crippen LogP contribution in [0.1, 0.15) is 21.7 Å². The first-order chi connectivity index (χ1) is 11.5. The van der Waals surface area contributed by atoms with Crippen LogP contribution in [0.25, 0.3) is 27.3 Å². The molecule has 6 heteroatoms. The summed E-state index contributed by atoms with van der Waals surface area (Å²) in [7, 11) is 0. The smallest absolute Gasteiger partial charge is 0.114 e. The third-order valence-electron chi connectivity index (χ3n) is 4.10. The number of aryl methyl sites for hydroxylation is 4. The minimum Gasteiger partial charge on any atom is -0.322 e. The van der Waals surface area contributed by atoms with Gasteiger partial charge in [0.15, 0.2) is 0 Å². The van der Waals surface area contributed by atoms with Crippen LogP contribution in [0.2, 0.25) is 0 Å². The number of benzene rings is 2. The summed E-state index contributed by atoms with van der Waals surface area (Å²) >= 11 is 1.67. The maximum absolute atomic E-state index is 4.57. The maximum atomic E-state index is 4.57. The van der Waals surface area contributed by atoms with Crippen molar-refractivity contribution in [1.29, 1.82) is 0 Å². The van der Waals surface area contributed by atoms with Gasteiger partial charge in [0.05, 0.1) is 10.8 Å². The molecule has 2 aromatic heterocycles. The maximum Gasteiger partial charge on any atom is 0.114 e. The first kappa shape index (κ1) is 17.9. The molecule has 1 radical (unpaired) electrons. The van der Waals surface area contributed by atoms with E-state index in [4.69, 9.17) is 0 Å². The number of hydrogen-bond acceptors (Lipinski definition) is 4. The van der Waals surface area contributed by atoms with E-state index in [1.807, 2.05) is 19.1 Å². The van der Waals surface area contributed by atoms with E-state index in [0.717, 1.165) is 32.3 Å². The number of aromatic nitrogens is 4. The zero-order valence-corrected chi connectivity index (χ0v) is 17.6. The molecule has 0 spiro atoms. The van der Waals surface area contributed by atoms with Gasteiger partial charge in [0.2, 0.25) is 0 Å². The van der Waals surface area contributed by atoms with Gasteiger partial charge in [0.25, 0.3) is 0 Å². The molecule has 0 N–H and O–H groups in total. The summed E-state index contributed by atoms with van der Waals surface area (Å²) in [6.45, 7) is 8.39. The third kappa shape index (κ3) is 3.06. The molecule has 2 aromatic carbocycles. The number of nitrogens with zero attached hydrogens (tertiary/aromatic N) is 4. The molecular formula is C19H17IrN4S-. The van der Waals surface area contributed by atoms with E-state index >= 15 is 0 Å². The van der Waals surface area contributed by atoms with Gasteiger partial charge in [0, 0.05) is 25.8 Å². The van der Waals surface area contributed by atoms with Crippen molar-refractivity contribution in [2.75, 3.05) is 0 Å². The van der Waals surface area contributed by atoms with Crippen molar-refractivity contribution in [2.45, 2.75) is 27.7 Å². The van der Waals surface area contributed by atoms with E-state index in [-0.39, 0.29) is 20.1 Å². The van der Waals surface area contributed by atoms with Crippen LogP contribution in [0.15, 0.2) is 30.6 Å². The number of hydrogen-bond donors (Lipinski definition) is 0. The van der Waals surface area contributed by atoms with Gasteiger partial charge in [-0.2, -0.15) is 16.4 Å². The molecule has 0 bridgehead atoms. The van der Waals surface area contributed by atoms with Gasteiger partial charge in [-0.15, -0.1) is 23.3 Å². The van der Waals surface area contributed by atoms with Crippen molar-refractivity contribution in [3.05, 3.63) is 58.4 Å². The second-order valence-electron chi connectivity index (χ2n) is 6.07. The molecule has 0 atom stereocenters. The van der Waals surface area contributed by atoms with Crippen molar-refractivity contribution in [3.8, 4) is 17.1 Å². The Hall–Kier alpha value is -1.88. The zero-order valence-electron chi connectivity index (χ0n) is 14.4. The fraction of sp³-hybridized carbons (Fsp3) is 0.211. The normalized spacial score (nSPS) is 10.9. The zero-order chi connectivity index (χ0) is 16.8. The van der Waals surface area contributed by atoms with E-state index in [9.17, 15) is 0 Å². The molecule has 2 heterocycles. The van der Waals surface area contributed by atoms with Crippen LogP contribution in [0.4, 0.5) is 0 Å². The molecule has 0 amide bonds. The first-order valence-electron chi connectivity index (χ1n) is 7.81. The molecular weight excluding hydrogens is 509 g/mol. The van der Waals surface area contributed by atoms with Crippen molar-refractivity contribution < 1.29 is 20.1 Å². The predicted molar refractivity (Wildman–Crippen MR) is 97.8 cm³/mol. The summed E-state index contributed by atoms with van der Waals surface area (Å²) in [5, 5.41) is 9.60. The van der Waals surface area contributed by atoms with Gasteiger partial charge in [0.1, 0.15) is 6.33 Å². The summed E-state index contributed by atoms with van der Waals surface area (Å²) in [5.41, 5.74) is 6.75. The van der Waals surface area contributed by atoms with Gasteiger partial charge in [-0.05, 0) is 49.0 Å².